The van der Waals surface area contributed by atoms with Gasteiger partial charge in [0.15, 0.2) is 11.6 Å². The van der Waals surface area contributed by atoms with Crippen LogP contribution in [-0.2, 0) is 0 Å². The van der Waals surface area contributed by atoms with Crippen LogP contribution < -0.4 is 11.5 Å². The number of aliphatic hydroxyl groups is 2. The van der Waals surface area contributed by atoms with Crippen molar-refractivity contribution in [3.63, 3.8) is 0 Å². The minimum atomic E-state index is -1.58. The van der Waals surface area contributed by atoms with Crippen LogP contribution in [0.15, 0.2) is 12.1 Å². The van der Waals surface area contributed by atoms with Gasteiger partial charge in [0.2, 0.25) is 0 Å². The van der Waals surface area contributed by atoms with Crippen LogP contribution >= 0.6 is 0 Å². The summed E-state index contributed by atoms with van der Waals surface area (Å²) < 4.78 is 26.3. The molecule has 2 atom stereocenters. The summed E-state index contributed by atoms with van der Waals surface area (Å²) in [4.78, 5) is 0. The number of hydrogen-bond acceptors (Lipinski definition) is 4. The van der Waals surface area contributed by atoms with E-state index in [1.54, 1.807) is 0 Å². The van der Waals surface area contributed by atoms with Gasteiger partial charge < -0.3 is 21.7 Å². The van der Waals surface area contributed by atoms with Crippen LogP contribution in [0.5, 0.6) is 0 Å². The number of benzene rings is 1. The largest absolute Gasteiger partial charge is 0.398 e. The molecule has 0 amide bonds. The van der Waals surface area contributed by atoms with Crippen molar-refractivity contribution in [2.24, 2.45) is 5.73 Å². The average Bonchev–Trinajstić information content (AvgIpc) is 2.24. The minimum absolute atomic E-state index is 0.0660. The Bertz CT molecular complexity index is 374. The Hall–Kier alpha value is -1.24. The lowest BCUT2D eigenvalue weighted by molar-refractivity contribution is 0.0131. The number of nitrogen functional groups attached to an aromatic ring is 1. The molecule has 0 saturated heterocycles. The lowest BCUT2D eigenvalue weighted by Gasteiger charge is -2.19. The maximum atomic E-state index is 13.4. The summed E-state index contributed by atoms with van der Waals surface area (Å²) in [6.07, 6.45) is -2.79. The van der Waals surface area contributed by atoms with E-state index in [0.717, 1.165) is 12.1 Å². The molecule has 0 fully saturated rings. The molecule has 0 heterocycles. The zero-order valence-corrected chi connectivity index (χ0v) is 8.53. The van der Waals surface area contributed by atoms with Gasteiger partial charge >= 0.3 is 0 Å². The molecule has 6 heteroatoms. The highest BCUT2D eigenvalue weighted by Crippen LogP contribution is 2.28. The molecule has 16 heavy (non-hydrogen) atoms. The van der Waals surface area contributed by atoms with E-state index in [-0.39, 0.29) is 18.7 Å². The molecule has 1 aromatic rings. The van der Waals surface area contributed by atoms with Gasteiger partial charge in [-0.3, -0.25) is 0 Å². The quantitative estimate of drug-likeness (QED) is 0.561. The molecule has 0 bridgehead atoms. The predicted octanol–water partition coefficient (Wildman–Crippen LogP) is 0.290. The molecular weight excluding hydrogens is 218 g/mol. The SMILES string of the molecule is NCCC(O)C(O)c1c(N)ccc(F)c1F. The van der Waals surface area contributed by atoms with Crippen LogP contribution in [0.4, 0.5) is 14.5 Å². The Labute approximate surface area is 91.5 Å². The Balaban J connectivity index is 3.07. The molecule has 2 unspecified atom stereocenters. The van der Waals surface area contributed by atoms with E-state index in [0.29, 0.717) is 0 Å². The Kier molecular flexibility index (Phi) is 4.17. The molecule has 4 nitrogen and oxygen atoms in total. The molecule has 6 N–H and O–H groups in total. The second kappa shape index (κ2) is 5.20. The highest BCUT2D eigenvalue weighted by molar-refractivity contribution is 5.49. The summed E-state index contributed by atoms with van der Waals surface area (Å²) in [6, 6.07) is 1.99. The summed E-state index contributed by atoms with van der Waals surface area (Å²) in [5, 5.41) is 19.1. The van der Waals surface area contributed by atoms with Crippen LogP contribution in [0.25, 0.3) is 0 Å². The van der Waals surface area contributed by atoms with Crippen molar-refractivity contribution in [1.29, 1.82) is 0 Å². The van der Waals surface area contributed by atoms with Crippen molar-refractivity contribution in [1.82, 2.24) is 0 Å². The van der Waals surface area contributed by atoms with Crippen LogP contribution in [0, 0.1) is 11.6 Å². The third-order valence-corrected chi connectivity index (χ3v) is 2.29. The molecule has 0 aliphatic rings. The van der Waals surface area contributed by atoms with Crippen molar-refractivity contribution in [2.45, 2.75) is 18.6 Å². The first-order chi connectivity index (χ1) is 7.49. The molecule has 0 aliphatic carbocycles. The minimum Gasteiger partial charge on any atom is -0.398 e. The van der Waals surface area contributed by atoms with Crippen molar-refractivity contribution in [2.75, 3.05) is 12.3 Å². The average molecular weight is 232 g/mol. The van der Waals surface area contributed by atoms with E-state index in [4.69, 9.17) is 11.5 Å². The topological polar surface area (TPSA) is 92.5 Å². The third kappa shape index (κ3) is 2.46. The van der Waals surface area contributed by atoms with Gasteiger partial charge in [-0.05, 0) is 25.1 Å². The first-order valence-electron chi connectivity index (χ1n) is 4.78. The second-order valence-electron chi connectivity index (χ2n) is 3.45. The fourth-order valence-corrected chi connectivity index (χ4v) is 1.40. The summed E-state index contributed by atoms with van der Waals surface area (Å²) in [7, 11) is 0. The number of hydrogen-bond donors (Lipinski definition) is 4. The maximum Gasteiger partial charge on any atom is 0.166 e. The number of anilines is 1. The van der Waals surface area contributed by atoms with Crippen molar-refractivity contribution >= 4 is 5.69 Å². The van der Waals surface area contributed by atoms with Gasteiger partial charge in [0.25, 0.3) is 0 Å². The number of rotatable bonds is 4. The summed E-state index contributed by atoms with van der Waals surface area (Å²) in [5.41, 5.74) is 10.1. The highest BCUT2D eigenvalue weighted by Gasteiger charge is 2.25. The lowest BCUT2D eigenvalue weighted by Crippen LogP contribution is -2.23. The summed E-state index contributed by atoms with van der Waals surface area (Å²) in [6.45, 7) is 0.120. The molecule has 0 aliphatic heterocycles. The van der Waals surface area contributed by atoms with E-state index in [1.165, 1.54) is 0 Å². The Morgan fingerprint density at radius 1 is 1.25 bits per heavy atom. The first kappa shape index (κ1) is 12.8. The van der Waals surface area contributed by atoms with Gasteiger partial charge in [0, 0.05) is 11.3 Å². The molecule has 0 radical (unpaired) electrons. The van der Waals surface area contributed by atoms with E-state index in [1.807, 2.05) is 0 Å². The molecule has 0 saturated carbocycles. The lowest BCUT2D eigenvalue weighted by atomic mass is 9.99. The summed E-state index contributed by atoms with van der Waals surface area (Å²) >= 11 is 0. The molecule has 0 spiro atoms. The fraction of sp³-hybridized carbons (Fsp3) is 0.400. The second-order valence-corrected chi connectivity index (χ2v) is 3.45. The van der Waals surface area contributed by atoms with Gasteiger partial charge in [0.1, 0.15) is 6.10 Å². The third-order valence-electron chi connectivity index (χ3n) is 2.29. The molecular formula is C10H14F2N2O2. The van der Waals surface area contributed by atoms with Crippen LogP contribution in [0.2, 0.25) is 0 Å². The van der Waals surface area contributed by atoms with Gasteiger partial charge in [-0.2, -0.15) is 0 Å². The summed E-state index contributed by atoms with van der Waals surface area (Å²) in [5.74, 6) is -2.37. The van der Waals surface area contributed by atoms with Crippen molar-refractivity contribution < 1.29 is 19.0 Å². The van der Waals surface area contributed by atoms with Crippen LogP contribution in [0.1, 0.15) is 18.1 Å². The molecule has 0 aromatic heterocycles. The van der Waals surface area contributed by atoms with E-state index in [2.05, 4.69) is 0 Å². The Morgan fingerprint density at radius 3 is 2.44 bits per heavy atom. The predicted molar refractivity (Wildman–Crippen MR) is 55.4 cm³/mol. The molecule has 1 aromatic carbocycles. The van der Waals surface area contributed by atoms with Gasteiger partial charge in [-0.15, -0.1) is 0 Å². The zero-order chi connectivity index (χ0) is 12.3. The van der Waals surface area contributed by atoms with E-state index >= 15 is 0 Å². The Morgan fingerprint density at radius 2 is 1.88 bits per heavy atom. The standard InChI is InChI=1S/C10H14F2N2O2/c11-5-1-2-6(14)8(9(5)12)10(16)7(15)3-4-13/h1-2,7,10,15-16H,3-4,13-14H2. The monoisotopic (exact) mass is 232 g/mol. The van der Waals surface area contributed by atoms with Gasteiger partial charge in [-0.25, -0.2) is 8.78 Å². The van der Waals surface area contributed by atoms with E-state index in [9.17, 15) is 19.0 Å². The number of nitrogens with two attached hydrogens (primary N) is 2. The first-order valence-corrected chi connectivity index (χ1v) is 4.78. The van der Waals surface area contributed by atoms with Crippen molar-refractivity contribution in [3.8, 4) is 0 Å². The van der Waals surface area contributed by atoms with Gasteiger partial charge in [0.05, 0.1) is 6.10 Å². The zero-order valence-electron chi connectivity index (χ0n) is 8.53. The van der Waals surface area contributed by atoms with Crippen LogP contribution in [-0.4, -0.2) is 22.9 Å². The van der Waals surface area contributed by atoms with E-state index < -0.39 is 29.4 Å². The fourth-order valence-electron chi connectivity index (χ4n) is 1.40. The smallest absolute Gasteiger partial charge is 0.166 e. The number of halogens is 2. The number of aliphatic hydroxyl groups excluding tert-OH is 2. The van der Waals surface area contributed by atoms with Crippen LogP contribution in [0.3, 0.4) is 0 Å². The van der Waals surface area contributed by atoms with Crippen molar-refractivity contribution in [3.05, 3.63) is 29.3 Å². The maximum absolute atomic E-state index is 13.4. The van der Waals surface area contributed by atoms with Gasteiger partial charge in [-0.1, -0.05) is 0 Å². The molecule has 90 valence electrons. The normalized spacial score (nSPS) is 14.8. The highest BCUT2D eigenvalue weighted by atomic mass is 19.2. The molecule has 1 rings (SSSR count).